The molecule has 0 fully saturated rings. The lowest BCUT2D eigenvalue weighted by molar-refractivity contribution is -0.137. The monoisotopic (exact) mass is 295 g/mol. The van der Waals surface area contributed by atoms with Crippen LogP contribution >= 0.6 is 11.6 Å². The maximum absolute atomic E-state index is 11.1. The second kappa shape index (κ2) is 5.81. The maximum Gasteiger partial charge on any atom is 0.323 e. The normalized spacial score (nSPS) is 13.1. The van der Waals surface area contributed by atoms with Gasteiger partial charge in [0.05, 0.1) is 17.1 Å². The van der Waals surface area contributed by atoms with E-state index in [4.69, 9.17) is 16.7 Å². The number of fused-ring (bicyclic) bond motifs is 1. The fourth-order valence-electron chi connectivity index (χ4n) is 2.46. The van der Waals surface area contributed by atoms with Crippen LogP contribution in [0.2, 0.25) is 5.02 Å². The quantitative estimate of drug-likeness (QED) is 0.921. The Labute approximate surface area is 122 Å². The van der Waals surface area contributed by atoms with Gasteiger partial charge in [-0.05, 0) is 38.7 Å². The predicted octanol–water partition coefficient (Wildman–Crippen LogP) is 2.79. The first-order chi connectivity index (χ1) is 9.43. The summed E-state index contributed by atoms with van der Waals surface area (Å²) in [5.74, 6) is -0.119. The highest BCUT2D eigenvalue weighted by Gasteiger charge is 2.21. The van der Waals surface area contributed by atoms with E-state index in [1.807, 2.05) is 25.1 Å². The minimum Gasteiger partial charge on any atom is -0.480 e. The van der Waals surface area contributed by atoms with Crippen molar-refractivity contribution in [2.45, 2.75) is 25.9 Å². The SMILES string of the molecule is CCC(c1nc2cc(Cl)ccc2n1CC(=O)O)N(C)C. The van der Waals surface area contributed by atoms with Crippen LogP contribution in [0.15, 0.2) is 18.2 Å². The predicted molar refractivity (Wildman–Crippen MR) is 79.1 cm³/mol. The number of nitrogens with zero attached hydrogens (tertiary/aromatic N) is 3. The largest absolute Gasteiger partial charge is 0.480 e. The summed E-state index contributed by atoms with van der Waals surface area (Å²) in [6.45, 7) is 1.96. The number of imidazole rings is 1. The molecular weight excluding hydrogens is 278 g/mol. The van der Waals surface area contributed by atoms with E-state index < -0.39 is 5.97 Å². The van der Waals surface area contributed by atoms with Crippen molar-refractivity contribution in [1.82, 2.24) is 14.5 Å². The summed E-state index contributed by atoms with van der Waals surface area (Å²) in [6, 6.07) is 5.41. The van der Waals surface area contributed by atoms with Crippen LogP contribution in [0.1, 0.15) is 25.2 Å². The van der Waals surface area contributed by atoms with Gasteiger partial charge in [0.15, 0.2) is 0 Å². The topological polar surface area (TPSA) is 58.4 Å². The average molecular weight is 296 g/mol. The lowest BCUT2D eigenvalue weighted by Crippen LogP contribution is -2.24. The Hall–Kier alpha value is -1.59. The number of carboxylic acids is 1. The summed E-state index contributed by atoms with van der Waals surface area (Å²) in [7, 11) is 3.93. The number of rotatable bonds is 5. The number of aromatic nitrogens is 2. The average Bonchev–Trinajstić information content (AvgIpc) is 2.67. The van der Waals surface area contributed by atoms with Crippen LogP contribution in [0.3, 0.4) is 0 Å². The van der Waals surface area contributed by atoms with Crippen molar-refractivity contribution in [3.63, 3.8) is 0 Å². The summed E-state index contributed by atoms with van der Waals surface area (Å²) < 4.78 is 1.75. The molecule has 20 heavy (non-hydrogen) atoms. The second-order valence-corrected chi connectivity index (χ2v) is 5.41. The Kier molecular flexibility index (Phi) is 4.30. The molecule has 5 nitrogen and oxygen atoms in total. The number of carboxylic acid groups (broad SMARTS) is 1. The minimum atomic E-state index is -0.880. The zero-order chi connectivity index (χ0) is 14.9. The summed E-state index contributed by atoms with van der Waals surface area (Å²) in [5, 5.41) is 9.73. The Bertz CT molecular complexity index is 637. The molecule has 0 saturated heterocycles. The molecule has 108 valence electrons. The van der Waals surface area contributed by atoms with Crippen molar-refractivity contribution >= 4 is 28.6 Å². The first kappa shape index (κ1) is 14.8. The Morgan fingerprint density at radius 1 is 1.50 bits per heavy atom. The van der Waals surface area contributed by atoms with E-state index in [9.17, 15) is 4.79 Å². The van der Waals surface area contributed by atoms with Crippen molar-refractivity contribution in [1.29, 1.82) is 0 Å². The molecule has 6 heteroatoms. The van der Waals surface area contributed by atoms with Gasteiger partial charge in [0, 0.05) is 5.02 Å². The van der Waals surface area contributed by atoms with E-state index in [1.165, 1.54) is 0 Å². The molecule has 1 heterocycles. The number of carbonyl (C=O) groups is 1. The van der Waals surface area contributed by atoms with Crippen molar-refractivity contribution in [2.75, 3.05) is 14.1 Å². The van der Waals surface area contributed by atoms with Crippen LogP contribution in [-0.2, 0) is 11.3 Å². The second-order valence-electron chi connectivity index (χ2n) is 4.97. The van der Waals surface area contributed by atoms with Gasteiger partial charge in [-0.3, -0.25) is 9.69 Å². The molecule has 2 aromatic rings. The maximum atomic E-state index is 11.1. The molecule has 2 rings (SSSR count). The van der Waals surface area contributed by atoms with Gasteiger partial charge in [-0.2, -0.15) is 0 Å². The summed E-state index contributed by atoms with van der Waals surface area (Å²) in [5.41, 5.74) is 1.53. The molecule has 1 aromatic carbocycles. The van der Waals surface area contributed by atoms with Gasteiger partial charge in [0.25, 0.3) is 0 Å². The molecule has 0 aliphatic heterocycles. The molecule has 1 unspecified atom stereocenters. The molecular formula is C14H18ClN3O2. The van der Waals surface area contributed by atoms with Crippen molar-refractivity contribution in [2.24, 2.45) is 0 Å². The van der Waals surface area contributed by atoms with Crippen LogP contribution < -0.4 is 0 Å². The Morgan fingerprint density at radius 2 is 2.20 bits per heavy atom. The van der Waals surface area contributed by atoms with Gasteiger partial charge in [-0.25, -0.2) is 4.98 Å². The number of hydrogen-bond donors (Lipinski definition) is 1. The summed E-state index contributed by atoms with van der Waals surface area (Å²) >= 11 is 5.99. The van der Waals surface area contributed by atoms with E-state index in [-0.39, 0.29) is 12.6 Å². The van der Waals surface area contributed by atoms with Crippen LogP contribution in [0, 0.1) is 0 Å². The molecule has 1 atom stereocenters. The van der Waals surface area contributed by atoms with Gasteiger partial charge >= 0.3 is 5.97 Å². The molecule has 1 aromatic heterocycles. The summed E-state index contributed by atoms with van der Waals surface area (Å²) in [6.07, 6.45) is 0.851. The van der Waals surface area contributed by atoms with Gasteiger partial charge in [0.1, 0.15) is 12.4 Å². The third-order valence-corrected chi connectivity index (χ3v) is 3.58. The fourth-order valence-corrected chi connectivity index (χ4v) is 2.62. The third-order valence-electron chi connectivity index (χ3n) is 3.34. The standard InChI is InChI=1S/C14H18ClN3O2/c1-4-11(17(2)3)14-16-10-7-9(15)5-6-12(10)18(14)8-13(19)20/h5-7,11H,4,8H2,1-3H3,(H,19,20). The molecule has 0 radical (unpaired) electrons. The van der Waals surface area contributed by atoms with E-state index >= 15 is 0 Å². The lowest BCUT2D eigenvalue weighted by atomic mass is 10.2. The van der Waals surface area contributed by atoms with Crippen molar-refractivity contribution < 1.29 is 9.90 Å². The van der Waals surface area contributed by atoms with Gasteiger partial charge in [-0.1, -0.05) is 18.5 Å². The van der Waals surface area contributed by atoms with Crippen LogP contribution in [-0.4, -0.2) is 39.6 Å². The Balaban J connectivity index is 2.64. The Morgan fingerprint density at radius 3 is 2.75 bits per heavy atom. The van der Waals surface area contributed by atoms with Gasteiger partial charge in [-0.15, -0.1) is 0 Å². The van der Waals surface area contributed by atoms with Crippen molar-refractivity contribution in [3.8, 4) is 0 Å². The third kappa shape index (κ3) is 2.78. The molecule has 0 amide bonds. The molecule has 1 N–H and O–H groups in total. The first-order valence-electron chi connectivity index (χ1n) is 6.48. The van der Waals surface area contributed by atoms with E-state index in [0.29, 0.717) is 5.02 Å². The first-order valence-corrected chi connectivity index (χ1v) is 6.85. The fraction of sp³-hybridized carbons (Fsp3) is 0.429. The molecule has 0 saturated carbocycles. The smallest absolute Gasteiger partial charge is 0.323 e. The number of hydrogen-bond acceptors (Lipinski definition) is 3. The highest BCUT2D eigenvalue weighted by molar-refractivity contribution is 6.31. The van der Waals surface area contributed by atoms with Crippen LogP contribution in [0.4, 0.5) is 0 Å². The van der Waals surface area contributed by atoms with Crippen LogP contribution in [0.25, 0.3) is 11.0 Å². The number of aliphatic carboxylic acids is 1. The number of benzene rings is 1. The minimum absolute atomic E-state index is 0.0699. The highest BCUT2D eigenvalue weighted by Crippen LogP contribution is 2.27. The van der Waals surface area contributed by atoms with Gasteiger partial charge < -0.3 is 9.67 Å². The molecule has 0 aliphatic carbocycles. The van der Waals surface area contributed by atoms with E-state index in [0.717, 1.165) is 23.3 Å². The van der Waals surface area contributed by atoms with Crippen molar-refractivity contribution in [3.05, 3.63) is 29.0 Å². The zero-order valence-corrected chi connectivity index (χ0v) is 12.6. The summed E-state index contributed by atoms with van der Waals surface area (Å²) in [4.78, 5) is 17.8. The van der Waals surface area contributed by atoms with Crippen LogP contribution in [0.5, 0.6) is 0 Å². The highest BCUT2D eigenvalue weighted by atomic mass is 35.5. The number of halogens is 1. The van der Waals surface area contributed by atoms with E-state index in [2.05, 4.69) is 11.9 Å². The molecule has 0 aliphatic rings. The molecule has 0 spiro atoms. The lowest BCUT2D eigenvalue weighted by Gasteiger charge is -2.23. The van der Waals surface area contributed by atoms with E-state index in [1.54, 1.807) is 16.7 Å². The zero-order valence-electron chi connectivity index (χ0n) is 11.8. The van der Waals surface area contributed by atoms with Gasteiger partial charge in [0.2, 0.25) is 0 Å². The molecule has 0 bridgehead atoms.